The molecule has 1 unspecified atom stereocenters. The van der Waals surface area contributed by atoms with Crippen LogP contribution in [0.4, 0.5) is 13.2 Å². The maximum absolute atomic E-state index is 12.3. The second kappa shape index (κ2) is 10.7. The van der Waals surface area contributed by atoms with E-state index in [1.54, 1.807) is 11.3 Å². The lowest BCUT2D eigenvalue weighted by Gasteiger charge is -2.33. The van der Waals surface area contributed by atoms with Crippen molar-refractivity contribution in [3.05, 3.63) is 64.4 Å². The highest BCUT2D eigenvalue weighted by Gasteiger charge is 2.38. The number of aryl methyl sites for hydroxylation is 1. The number of thiophene rings is 1. The number of rotatable bonds is 6. The van der Waals surface area contributed by atoms with E-state index in [4.69, 9.17) is 9.90 Å². The minimum absolute atomic E-state index is 0.0237. The molecule has 1 aliphatic heterocycles. The average Bonchev–Trinajstić information content (AvgIpc) is 3.49. The van der Waals surface area contributed by atoms with E-state index in [1.807, 2.05) is 36.1 Å². The van der Waals surface area contributed by atoms with Crippen molar-refractivity contribution in [3.8, 4) is 0 Å². The lowest BCUT2D eigenvalue weighted by atomic mass is 10.1. The summed E-state index contributed by atoms with van der Waals surface area (Å²) in [7, 11) is 1.88. The van der Waals surface area contributed by atoms with Gasteiger partial charge < -0.3 is 15.0 Å². The molecule has 4 rings (SSSR count). The summed E-state index contributed by atoms with van der Waals surface area (Å²) in [4.78, 5) is 25.0. The highest BCUT2D eigenvalue weighted by molar-refractivity contribution is 7.09. The summed E-state index contributed by atoms with van der Waals surface area (Å²) in [5.74, 6) is -2.78. The van der Waals surface area contributed by atoms with Crippen molar-refractivity contribution in [1.82, 2.24) is 24.6 Å². The van der Waals surface area contributed by atoms with Gasteiger partial charge in [-0.25, -0.2) is 4.79 Å². The highest BCUT2D eigenvalue weighted by Crippen LogP contribution is 2.25. The smallest absolute Gasteiger partial charge is 0.475 e. The standard InChI is InChI=1S/C19H23N5OS.C2HF3O2/c1-22-10-2-5-18(22)19(25)20-8-6-15-12-23(14-17-4-3-11-26-17)13-16-7-9-21-24(15)16;3-2(4,5)1(6)7/h2-5,7,9-11,15H,6,8,12-14H2,1H3,(H,20,25);(H,6,7). The van der Waals surface area contributed by atoms with Gasteiger partial charge in [-0.15, -0.1) is 11.3 Å². The number of nitrogens with one attached hydrogen (secondary N) is 1. The Morgan fingerprint density at radius 3 is 2.64 bits per heavy atom. The molecule has 0 saturated heterocycles. The molecule has 0 radical (unpaired) electrons. The van der Waals surface area contributed by atoms with Crippen molar-refractivity contribution in [2.45, 2.75) is 31.7 Å². The van der Waals surface area contributed by atoms with Gasteiger partial charge in [0.15, 0.2) is 0 Å². The first-order chi connectivity index (χ1) is 15.6. The molecular weight excluding hydrogens is 459 g/mol. The molecule has 33 heavy (non-hydrogen) atoms. The minimum atomic E-state index is -5.08. The Bertz CT molecular complexity index is 1060. The minimum Gasteiger partial charge on any atom is -0.475 e. The maximum Gasteiger partial charge on any atom is 0.490 e. The van der Waals surface area contributed by atoms with Gasteiger partial charge in [0, 0.05) is 50.5 Å². The number of fused-ring (bicyclic) bond motifs is 1. The van der Waals surface area contributed by atoms with Crippen LogP contribution in [0.15, 0.2) is 48.1 Å². The number of halogens is 3. The van der Waals surface area contributed by atoms with Gasteiger partial charge in [-0.1, -0.05) is 6.07 Å². The predicted octanol–water partition coefficient (Wildman–Crippen LogP) is 3.29. The van der Waals surface area contributed by atoms with E-state index >= 15 is 0 Å². The molecule has 3 aromatic rings. The summed E-state index contributed by atoms with van der Waals surface area (Å²) in [6.07, 6.45) is -0.459. The first-order valence-electron chi connectivity index (χ1n) is 10.1. The molecule has 0 bridgehead atoms. The third kappa shape index (κ3) is 6.68. The number of carbonyl (C=O) groups excluding carboxylic acids is 1. The fourth-order valence-corrected chi connectivity index (χ4v) is 4.31. The summed E-state index contributed by atoms with van der Waals surface area (Å²) in [6, 6.07) is 10.4. The first-order valence-corrected chi connectivity index (χ1v) is 11.0. The molecule has 0 fully saturated rings. The topological polar surface area (TPSA) is 92.4 Å². The number of carboxylic acid groups (broad SMARTS) is 1. The molecule has 8 nitrogen and oxygen atoms in total. The monoisotopic (exact) mass is 483 g/mol. The summed E-state index contributed by atoms with van der Waals surface area (Å²) in [5.41, 5.74) is 1.93. The summed E-state index contributed by atoms with van der Waals surface area (Å²) in [6.45, 7) is 3.48. The lowest BCUT2D eigenvalue weighted by molar-refractivity contribution is -0.192. The number of hydrogen-bond donors (Lipinski definition) is 2. The molecule has 0 aromatic carbocycles. The van der Waals surface area contributed by atoms with Crippen LogP contribution in [0.1, 0.15) is 33.5 Å². The zero-order valence-corrected chi connectivity index (χ0v) is 18.6. The van der Waals surface area contributed by atoms with E-state index in [2.05, 4.69) is 43.6 Å². The SMILES string of the molecule is Cn1cccc1C(=O)NCCC1CN(Cc2cccs2)Cc2ccnn21.O=C(O)C(F)(F)F. The first kappa shape index (κ1) is 24.5. The Morgan fingerprint density at radius 2 is 2.03 bits per heavy atom. The molecule has 0 aliphatic carbocycles. The normalized spacial score (nSPS) is 15.9. The van der Waals surface area contributed by atoms with E-state index in [0.29, 0.717) is 12.2 Å². The van der Waals surface area contributed by atoms with Crippen molar-refractivity contribution in [3.63, 3.8) is 0 Å². The van der Waals surface area contributed by atoms with Crippen molar-refractivity contribution < 1.29 is 27.9 Å². The molecule has 4 heterocycles. The summed E-state index contributed by atoms with van der Waals surface area (Å²) < 4.78 is 35.7. The van der Waals surface area contributed by atoms with Crippen LogP contribution in [0.25, 0.3) is 0 Å². The van der Waals surface area contributed by atoms with Gasteiger partial charge in [0.2, 0.25) is 0 Å². The van der Waals surface area contributed by atoms with Crippen LogP contribution >= 0.6 is 11.3 Å². The Hall–Kier alpha value is -3.12. The summed E-state index contributed by atoms with van der Waals surface area (Å²) in [5, 5.41) is 16.8. The molecule has 3 aromatic heterocycles. The van der Waals surface area contributed by atoms with E-state index in [-0.39, 0.29) is 11.9 Å². The Balaban J connectivity index is 0.000000383. The maximum atomic E-state index is 12.3. The van der Waals surface area contributed by atoms with E-state index in [9.17, 15) is 18.0 Å². The molecule has 178 valence electrons. The Kier molecular flexibility index (Phi) is 7.92. The van der Waals surface area contributed by atoms with Gasteiger partial charge in [-0.2, -0.15) is 18.3 Å². The highest BCUT2D eigenvalue weighted by atomic mass is 32.1. The van der Waals surface area contributed by atoms with Crippen LogP contribution in [0.3, 0.4) is 0 Å². The number of aromatic nitrogens is 3. The number of carbonyl (C=O) groups is 2. The number of aliphatic carboxylic acids is 1. The van der Waals surface area contributed by atoms with Gasteiger partial charge in [0.05, 0.1) is 11.7 Å². The second-order valence-corrected chi connectivity index (χ2v) is 8.55. The van der Waals surface area contributed by atoms with E-state index < -0.39 is 12.1 Å². The van der Waals surface area contributed by atoms with Gasteiger partial charge >= 0.3 is 12.1 Å². The quantitative estimate of drug-likeness (QED) is 0.561. The fraction of sp³-hybridized carbons (Fsp3) is 0.381. The van der Waals surface area contributed by atoms with Crippen molar-refractivity contribution in [2.75, 3.05) is 13.1 Å². The second-order valence-electron chi connectivity index (χ2n) is 7.52. The van der Waals surface area contributed by atoms with E-state index in [1.165, 1.54) is 10.6 Å². The molecule has 1 atom stereocenters. The van der Waals surface area contributed by atoms with Crippen LogP contribution in [0.5, 0.6) is 0 Å². The number of nitrogens with zero attached hydrogens (tertiary/aromatic N) is 4. The van der Waals surface area contributed by atoms with Crippen molar-refractivity contribution >= 4 is 23.2 Å². The summed E-state index contributed by atoms with van der Waals surface area (Å²) >= 11 is 1.80. The third-order valence-electron chi connectivity index (χ3n) is 5.09. The molecule has 0 spiro atoms. The molecule has 12 heteroatoms. The molecular formula is C21H24F3N5O3S. The predicted molar refractivity (Wildman–Crippen MR) is 116 cm³/mol. The Morgan fingerprint density at radius 1 is 1.27 bits per heavy atom. The van der Waals surface area contributed by atoms with Crippen LogP contribution in [0.2, 0.25) is 0 Å². The van der Waals surface area contributed by atoms with Crippen LogP contribution in [-0.4, -0.2) is 55.5 Å². The lowest BCUT2D eigenvalue weighted by Crippen LogP contribution is -2.38. The molecule has 0 saturated carbocycles. The van der Waals surface area contributed by atoms with Gasteiger partial charge in [0.1, 0.15) is 5.69 Å². The zero-order valence-electron chi connectivity index (χ0n) is 17.8. The number of hydrogen-bond acceptors (Lipinski definition) is 5. The number of carboxylic acids is 1. The van der Waals surface area contributed by atoms with Crippen molar-refractivity contribution in [2.24, 2.45) is 7.05 Å². The Labute approximate surface area is 192 Å². The van der Waals surface area contributed by atoms with Crippen LogP contribution in [-0.2, 0) is 24.9 Å². The van der Waals surface area contributed by atoms with Gasteiger partial charge in [-0.3, -0.25) is 14.4 Å². The van der Waals surface area contributed by atoms with Crippen molar-refractivity contribution in [1.29, 1.82) is 0 Å². The zero-order chi connectivity index (χ0) is 24.0. The number of alkyl halides is 3. The van der Waals surface area contributed by atoms with Gasteiger partial charge in [-0.05, 0) is 36.1 Å². The third-order valence-corrected chi connectivity index (χ3v) is 5.96. The molecule has 1 aliphatic rings. The van der Waals surface area contributed by atoms with E-state index in [0.717, 1.165) is 26.1 Å². The number of amides is 1. The molecule has 1 amide bonds. The fourth-order valence-electron chi connectivity index (χ4n) is 3.56. The van der Waals surface area contributed by atoms with Gasteiger partial charge in [0.25, 0.3) is 5.91 Å². The van der Waals surface area contributed by atoms with Crippen LogP contribution < -0.4 is 5.32 Å². The average molecular weight is 484 g/mol. The van der Waals surface area contributed by atoms with Crippen LogP contribution in [0, 0.1) is 0 Å². The molecule has 2 N–H and O–H groups in total. The largest absolute Gasteiger partial charge is 0.490 e.